The van der Waals surface area contributed by atoms with Crippen LogP contribution >= 0.6 is 0 Å². The van der Waals surface area contributed by atoms with Crippen molar-refractivity contribution in [1.82, 2.24) is 30.7 Å². The number of carbonyl (C=O) groups is 2. The van der Waals surface area contributed by atoms with E-state index in [0.29, 0.717) is 51.4 Å². The van der Waals surface area contributed by atoms with Crippen molar-refractivity contribution in [3.8, 4) is 0 Å². The van der Waals surface area contributed by atoms with Gasteiger partial charge in [0.1, 0.15) is 12.3 Å². The number of piperidine rings is 2. The van der Waals surface area contributed by atoms with Crippen molar-refractivity contribution in [2.24, 2.45) is 28.7 Å². The zero-order chi connectivity index (χ0) is 29.4. The Bertz CT molecular complexity index is 960. The molecule has 10 nitrogen and oxygen atoms in total. The SMILES string of the molecule is NC(N)C(C(=O)NC1CNCC(F)C1N1CCC(C(=O)N2CCN3CCC2C3)CC1)C1CC2(CCCC2)CC(F)CN1. The Balaban J connectivity index is 1.09. The van der Waals surface area contributed by atoms with Gasteiger partial charge in [0.15, 0.2) is 0 Å². The van der Waals surface area contributed by atoms with E-state index in [1.54, 1.807) is 0 Å². The monoisotopic (exact) mass is 594 g/mol. The lowest BCUT2D eigenvalue weighted by molar-refractivity contribution is -0.141. The van der Waals surface area contributed by atoms with Crippen molar-refractivity contribution < 1.29 is 18.4 Å². The number of piperazine rings is 1. The summed E-state index contributed by atoms with van der Waals surface area (Å²) in [5.41, 5.74) is 12.3. The van der Waals surface area contributed by atoms with Gasteiger partial charge in [-0.1, -0.05) is 12.8 Å². The molecule has 0 aromatic rings. The maximum Gasteiger partial charge on any atom is 0.227 e. The quantitative estimate of drug-likeness (QED) is 0.270. The number of hydrogen-bond acceptors (Lipinski definition) is 8. The summed E-state index contributed by atoms with van der Waals surface area (Å²) in [5.74, 6) is -0.795. The Labute approximate surface area is 249 Å². The van der Waals surface area contributed by atoms with Crippen LogP contribution in [0, 0.1) is 17.3 Å². The Morgan fingerprint density at radius 1 is 0.929 bits per heavy atom. The Morgan fingerprint density at radius 2 is 1.69 bits per heavy atom. The molecule has 2 bridgehead atoms. The van der Waals surface area contributed by atoms with Crippen molar-refractivity contribution in [2.75, 3.05) is 58.9 Å². The molecule has 8 unspecified atom stereocenters. The predicted molar refractivity (Wildman–Crippen MR) is 157 cm³/mol. The van der Waals surface area contributed by atoms with E-state index < -0.39 is 36.5 Å². The number of fused-ring (bicyclic) bond motifs is 2. The fourth-order valence-electron chi connectivity index (χ4n) is 9.30. The van der Waals surface area contributed by atoms with Gasteiger partial charge >= 0.3 is 0 Å². The molecule has 5 aliphatic heterocycles. The van der Waals surface area contributed by atoms with Gasteiger partial charge in [-0.05, 0) is 63.5 Å². The van der Waals surface area contributed by atoms with Gasteiger partial charge in [0.2, 0.25) is 11.8 Å². The summed E-state index contributed by atoms with van der Waals surface area (Å²) in [6.45, 7) is 5.96. The number of amides is 2. The van der Waals surface area contributed by atoms with Crippen molar-refractivity contribution in [2.45, 2.75) is 100 Å². The topological polar surface area (TPSA) is 132 Å². The molecular weight excluding hydrogens is 542 g/mol. The van der Waals surface area contributed by atoms with E-state index >= 15 is 4.39 Å². The van der Waals surface area contributed by atoms with Gasteiger partial charge in [0, 0.05) is 63.8 Å². The fraction of sp³-hybridized carbons (Fsp3) is 0.933. The molecule has 8 atom stereocenters. The van der Waals surface area contributed by atoms with Gasteiger partial charge in [-0.25, -0.2) is 8.78 Å². The third-order valence-electron chi connectivity index (χ3n) is 11.5. The van der Waals surface area contributed by atoms with Gasteiger partial charge < -0.3 is 32.3 Å². The molecular formula is C30H52F2N8O2. The second kappa shape index (κ2) is 12.9. The highest BCUT2D eigenvalue weighted by molar-refractivity contribution is 5.81. The molecule has 6 rings (SSSR count). The number of nitrogens with zero attached hydrogens (tertiary/aromatic N) is 3. The fourth-order valence-corrected chi connectivity index (χ4v) is 9.30. The molecule has 0 radical (unpaired) electrons. The van der Waals surface area contributed by atoms with Gasteiger partial charge in [-0.3, -0.25) is 19.4 Å². The van der Waals surface area contributed by atoms with E-state index in [4.69, 9.17) is 11.5 Å². The number of alkyl halides is 2. The first-order chi connectivity index (χ1) is 20.2. The second-order valence-electron chi connectivity index (χ2n) is 14.2. The average Bonchev–Trinajstić information content (AvgIpc) is 3.53. The summed E-state index contributed by atoms with van der Waals surface area (Å²) in [6.07, 6.45) is 4.72. The largest absolute Gasteiger partial charge is 0.350 e. The smallest absolute Gasteiger partial charge is 0.227 e. The Kier molecular flexibility index (Phi) is 9.38. The number of carbonyl (C=O) groups excluding carboxylic acids is 2. The molecule has 6 fully saturated rings. The normalized spacial score (nSPS) is 38.5. The first-order valence-corrected chi connectivity index (χ1v) is 16.5. The minimum Gasteiger partial charge on any atom is -0.350 e. The van der Waals surface area contributed by atoms with Crippen LogP contribution in [-0.4, -0.2) is 128 Å². The number of hydrogen-bond donors (Lipinski definition) is 5. The van der Waals surface area contributed by atoms with Crippen molar-refractivity contribution >= 4 is 11.8 Å². The van der Waals surface area contributed by atoms with Crippen LogP contribution in [0.25, 0.3) is 0 Å². The van der Waals surface area contributed by atoms with Crippen LogP contribution in [0.5, 0.6) is 0 Å². The van der Waals surface area contributed by atoms with Crippen LogP contribution in [0.4, 0.5) is 8.78 Å². The van der Waals surface area contributed by atoms with E-state index in [-0.39, 0.29) is 42.3 Å². The molecule has 1 spiro atoms. The average molecular weight is 595 g/mol. The van der Waals surface area contributed by atoms with Crippen LogP contribution in [0.3, 0.4) is 0 Å². The standard InChI is InChI=1S/C30H52F2N8O2/c31-20-13-30(6-1-2-7-30)14-23(36-15-20)25(27(33)34)28(41)37-24-17-35-16-22(32)26(24)39-9-3-19(4-10-39)29(42)40-12-11-38-8-5-21(40)18-38/h19-27,35-36H,1-18,33-34H2,(H,37,41). The molecule has 0 aromatic heterocycles. The van der Waals surface area contributed by atoms with Crippen LogP contribution in [0.1, 0.15) is 57.8 Å². The summed E-state index contributed by atoms with van der Waals surface area (Å²) in [4.78, 5) is 33.9. The van der Waals surface area contributed by atoms with E-state index in [2.05, 4.69) is 30.7 Å². The Morgan fingerprint density at radius 3 is 2.43 bits per heavy atom. The molecule has 12 heteroatoms. The minimum atomic E-state index is -1.15. The number of rotatable bonds is 6. The number of likely N-dealkylation sites (tertiary alicyclic amines) is 1. The van der Waals surface area contributed by atoms with Gasteiger partial charge in [-0.2, -0.15) is 0 Å². The molecule has 6 aliphatic rings. The zero-order valence-corrected chi connectivity index (χ0v) is 25.0. The Hall–Kier alpha value is -1.44. The highest BCUT2D eigenvalue weighted by Crippen LogP contribution is 2.48. The van der Waals surface area contributed by atoms with Crippen molar-refractivity contribution in [1.29, 1.82) is 0 Å². The minimum absolute atomic E-state index is 0.0237. The third-order valence-corrected chi connectivity index (χ3v) is 11.5. The van der Waals surface area contributed by atoms with Crippen molar-refractivity contribution in [3.63, 3.8) is 0 Å². The summed E-state index contributed by atoms with van der Waals surface area (Å²) in [7, 11) is 0. The zero-order valence-electron chi connectivity index (χ0n) is 25.0. The maximum atomic E-state index is 15.6. The van der Waals surface area contributed by atoms with E-state index in [1.165, 1.54) is 0 Å². The first-order valence-electron chi connectivity index (χ1n) is 16.5. The van der Waals surface area contributed by atoms with Crippen LogP contribution < -0.4 is 27.4 Å². The highest BCUT2D eigenvalue weighted by Gasteiger charge is 2.47. The number of halogens is 2. The van der Waals surface area contributed by atoms with E-state index in [1.807, 2.05) is 0 Å². The molecule has 2 amide bonds. The summed E-state index contributed by atoms with van der Waals surface area (Å²) < 4.78 is 30.3. The molecule has 0 aromatic carbocycles. The molecule has 1 saturated carbocycles. The number of nitrogens with two attached hydrogens (primary N) is 2. The molecule has 5 saturated heterocycles. The number of nitrogens with one attached hydrogen (secondary N) is 3. The lowest BCUT2D eigenvalue weighted by Crippen LogP contribution is -2.68. The maximum absolute atomic E-state index is 15.6. The highest BCUT2D eigenvalue weighted by atomic mass is 19.1. The van der Waals surface area contributed by atoms with E-state index in [0.717, 1.165) is 58.3 Å². The molecule has 42 heavy (non-hydrogen) atoms. The van der Waals surface area contributed by atoms with Crippen LogP contribution in [0.2, 0.25) is 0 Å². The van der Waals surface area contributed by atoms with Gasteiger partial charge in [0.05, 0.1) is 24.2 Å². The molecule has 7 N–H and O–H groups in total. The lowest BCUT2D eigenvalue weighted by atomic mass is 9.74. The first kappa shape index (κ1) is 30.6. The van der Waals surface area contributed by atoms with Gasteiger partial charge in [0.25, 0.3) is 0 Å². The molecule has 1 aliphatic carbocycles. The summed E-state index contributed by atoms with van der Waals surface area (Å²) in [6, 6.07) is -0.935. The molecule has 5 heterocycles. The van der Waals surface area contributed by atoms with E-state index in [9.17, 15) is 14.0 Å². The van der Waals surface area contributed by atoms with Crippen LogP contribution in [-0.2, 0) is 9.59 Å². The second-order valence-corrected chi connectivity index (χ2v) is 14.2. The predicted octanol–water partition coefficient (Wildman–Crippen LogP) is -0.0802. The van der Waals surface area contributed by atoms with Crippen molar-refractivity contribution in [3.05, 3.63) is 0 Å². The summed E-state index contributed by atoms with van der Waals surface area (Å²) in [5, 5.41) is 9.55. The van der Waals surface area contributed by atoms with Gasteiger partial charge in [-0.15, -0.1) is 0 Å². The molecule has 238 valence electrons. The summed E-state index contributed by atoms with van der Waals surface area (Å²) >= 11 is 0. The van der Waals surface area contributed by atoms with Crippen LogP contribution in [0.15, 0.2) is 0 Å². The third kappa shape index (κ3) is 6.35. The lowest BCUT2D eigenvalue weighted by Gasteiger charge is -2.46.